The second kappa shape index (κ2) is 3.90. The first kappa shape index (κ1) is 9.37. The zero-order chi connectivity index (χ0) is 9.97. The molecule has 0 amide bonds. The highest BCUT2D eigenvalue weighted by molar-refractivity contribution is 7.12. The third-order valence-electron chi connectivity index (χ3n) is 2.00. The van der Waals surface area contributed by atoms with Crippen LogP contribution in [0.4, 0.5) is 0 Å². The van der Waals surface area contributed by atoms with Gasteiger partial charge in [0, 0.05) is 16.0 Å². The van der Waals surface area contributed by atoms with E-state index in [1.807, 2.05) is 37.3 Å². The molecule has 0 radical (unpaired) electrons. The highest BCUT2D eigenvalue weighted by atomic mass is 32.1. The smallest absolute Gasteiger partial charge is 0.130 e. The summed E-state index contributed by atoms with van der Waals surface area (Å²) in [4.78, 5) is 6.27. The van der Waals surface area contributed by atoms with Gasteiger partial charge in [-0.25, -0.2) is 0 Å². The van der Waals surface area contributed by atoms with Crippen LogP contribution in [0.3, 0.4) is 0 Å². The minimum absolute atomic E-state index is 0.588. The Balaban J connectivity index is 2.29. The van der Waals surface area contributed by atoms with Gasteiger partial charge in [-0.05, 0) is 31.2 Å². The third kappa shape index (κ3) is 1.84. The minimum atomic E-state index is -0.588. The number of aromatic nitrogens is 1. The Morgan fingerprint density at radius 1 is 1.29 bits per heavy atom. The molecule has 3 heteroatoms. The van der Waals surface area contributed by atoms with Gasteiger partial charge in [-0.1, -0.05) is 6.07 Å². The van der Waals surface area contributed by atoms with Crippen molar-refractivity contribution in [3.8, 4) is 0 Å². The van der Waals surface area contributed by atoms with Gasteiger partial charge >= 0.3 is 0 Å². The van der Waals surface area contributed by atoms with Gasteiger partial charge in [-0.15, -0.1) is 11.3 Å². The molecule has 2 rings (SSSR count). The molecule has 14 heavy (non-hydrogen) atoms. The number of hydrogen-bond acceptors (Lipinski definition) is 3. The first-order chi connectivity index (χ1) is 6.77. The van der Waals surface area contributed by atoms with Crippen molar-refractivity contribution in [3.05, 3.63) is 52.0 Å². The van der Waals surface area contributed by atoms with Crippen LogP contribution in [0.5, 0.6) is 0 Å². The largest absolute Gasteiger partial charge is 0.381 e. The van der Waals surface area contributed by atoms with E-state index in [1.54, 1.807) is 17.5 Å². The second-order valence-corrected chi connectivity index (χ2v) is 4.43. The van der Waals surface area contributed by atoms with E-state index in [9.17, 15) is 5.11 Å². The summed E-state index contributed by atoms with van der Waals surface area (Å²) in [5.41, 5.74) is 0.703. The summed E-state index contributed by atoms with van der Waals surface area (Å²) < 4.78 is 0. The lowest BCUT2D eigenvalue weighted by molar-refractivity contribution is 0.219. The molecule has 72 valence electrons. The Morgan fingerprint density at radius 2 is 2.14 bits per heavy atom. The van der Waals surface area contributed by atoms with E-state index in [2.05, 4.69) is 4.98 Å². The summed E-state index contributed by atoms with van der Waals surface area (Å²) in [5.74, 6) is 0. The van der Waals surface area contributed by atoms with E-state index in [4.69, 9.17) is 0 Å². The molecule has 0 aliphatic rings. The van der Waals surface area contributed by atoms with Crippen LogP contribution in [0.25, 0.3) is 0 Å². The molecule has 0 aliphatic carbocycles. The van der Waals surface area contributed by atoms with E-state index >= 15 is 0 Å². The molecule has 0 fully saturated rings. The minimum Gasteiger partial charge on any atom is -0.381 e. The number of aliphatic hydroxyl groups is 1. The maximum absolute atomic E-state index is 9.95. The number of pyridine rings is 1. The quantitative estimate of drug-likeness (QED) is 0.817. The van der Waals surface area contributed by atoms with Crippen LogP contribution in [-0.4, -0.2) is 10.1 Å². The Morgan fingerprint density at radius 3 is 2.71 bits per heavy atom. The molecule has 1 atom stereocenters. The van der Waals surface area contributed by atoms with Crippen LogP contribution in [0.15, 0.2) is 36.5 Å². The van der Waals surface area contributed by atoms with Crippen molar-refractivity contribution in [2.45, 2.75) is 13.0 Å². The van der Waals surface area contributed by atoms with Gasteiger partial charge in [0.05, 0.1) is 5.69 Å². The highest BCUT2D eigenvalue weighted by Gasteiger charge is 2.12. The fourth-order valence-electron chi connectivity index (χ4n) is 1.28. The maximum atomic E-state index is 9.95. The van der Waals surface area contributed by atoms with Crippen LogP contribution in [-0.2, 0) is 0 Å². The topological polar surface area (TPSA) is 33.1 Å². The van der Waals surface area contributed by atoms with Crippen LogP contribution >= 0.6 is 11.3 Å². The van der Waals surface area contributed by atoms with Gasteiger partial charge in [0.25, 0.3) is 0 Å². The lowest BCUT2D eigenvalue weighted by Gasteiger charge is -2.06. The second-order valence-electron chi connectivity index (χ2n) is 3.11. The number of rotatable bonds is 2. The number of hydrogen-bond donors (Lipinski definition) is 1. The van der Waals surface area contributed by atoms with E-state index < -0.39 is 6.10 Å². The number of nitrogens with zero attached hydrogens (tertiary/aromatic N) is 1. The number of aryl methyl sites for hydroxylation is 1. The molecule has 2 heterocycles. The normalized spacial score (nSPS) is 12.7. The molecule has 0 saturated carbocycles. The fourth-order valence-corrected chi connectivity index (χ4v) is 2.16. The average Bonchev–Trinajstić information content (AvgIpc) is 2.65. The van der Waals surface area contributed by atoms with Crippen molar-refractivity contribution in [2.24, 2.45) is 0 Å². The van der Waals surface area contributed by atoms with Gasteiger partial charge in [0.15, 0.2) is 0 Å². The van der Waals surface area contributed by atoms with Gasteiger partial charge < -0.3 is 5.11 Å². The average molecular weight is 205 g/mol. The first-order valence-corrected chi connectivity index (χ1v) is 5.24. The summed E-state index contributed by atoms with van der Waals surface area (Å²) in [6.45, 7) is 2.03. The molecular formula is C11H11NOS. The summed E-state index contributed by atoms with van der Waals surface area (Å²) >= 11 is 1.60. The Hall–Kier alpha value is -1.19. The van der Waals surface area contributed by atoms with E-state index in [0.29, 0.717) is 5.69 Å². The summed E-state index contributed by atoms with van der Waals surface area (Å²) in [6, 6.07) is 9.51. The van der Waals surface area contributed by atoms with Gasteiger partial charge in [-0.2, -0.15) is 0 Å². The van der Waals surface area contributed by atoms with Gasteiger partial charge in [0.1, 0.15) is 6.10 Å². The maximum Gasteiger partial charge on any atom is 0.130 e. The third-order valence-corrected chi connectivity index (χ3v) is 3.05. The molecule has 1 N–H and O–H groups in total. The molecule has 2 nitrogen and oxygen atoms in total. The molecule has 0 aromatic carbocycles. The monoisotopic (exact) mass is 205 g/mol. The zero-order valence-corrected chi connectivity index (χ0v) is 8.66. The lowest BCUT2D eigenvalue weighted by atomic mass is 10.2. The molecule has 0 spiro atoms. The van der Waals surface area contributed by atoms with Gasteiger partial charge in [0.2, 0.25) is 0 Å². The molecule has 2 aromatic rings. The van der Waals surface area contributed by atoms with E-state index in [1.165, 1.54) is 4.88 Å². The van der Waals surface area contributed by atoms with Gasteiger partial charge in [-0.3, -0.25) is 4.98 Å². The molecule has 0 unspecified atom stereocenters. The lowest BCUT2D eigenvalue weighted by Crippen LogP contribution is -1.98. The van der Waals surface area contributed by atoms with Crippen molar-refractivity contribution in [1.82, 2.24) is 4.98 Å². The number of thiophene rings is 1. The highest BCUT2D eigenvalue weighted by Crippen LogP contribution is 2.26. The molecule has 2 aromatic heterocycles. The fraction of sp³-hybridized carbons (Fsp3) is 0.182. The SMILES string of the molecule is Cc1ccc([C@H](O)c2ccccn2)s1. The molecular weight excluding hydrogens is 194 g/mol. The van der Waals surface area contributed by atoms with Crippen LogP contribution in [0, 0.1) is 6.92 Å². The van der Waals surface area contributed by atoms with Crippen molar-refractivity contribution in [2.75, 3.05) is 0 Å². The summed E-state index contributed by atoms with van der Waals surface area (Å²) in [6.07, 6.45) is 1.11. The predicted octanol–water partition coefficient (Wildman–Crippen LogP) is 2.53. The van der Waals surface area contributed by atoms with Crippen LogP contribution in [0.1, 0.15) is 21.6 Å². The number of aliphatic hydroxyl groups excluding tert-OH is 1. The molecule has 0 saturated heterocycles. The van der Waals surface area contributed by atoms with Crippen molar-refractivity contribution in [3.63, 3.8) is 0 Å². The summed E-state index contributed by atoms with van der Waals surface area (Å²) in [7, 11) is 0. The first-order valence-electron chi connectivity index (χ1n) is 4.42. The molecule has 0 bridgehead atoms. The van der Waals surface area contributed by atoms with E-state index in [0.717, 1.165) is 4.88 Å². The summed E-state index contributed by atoms with van der Waals surface area (Å²) in [5, 5.41) is 9.95. The standard InChI is InChI=1S/C11H11NOS/c1-8-5-6-10(14-8)11(13)9-4-2-3-7-12-9/h2-7,11,13H,1H3/t11-/m1/s1. The van der Waals surface area contributed by atoms with Crippen molar-refractivity contribution < 1.29 is 5.11 Å². The predicted molar refractivity (Wildman–Crippen MR) is 57.4 cm³/mol. The van der Waals surface area contributed by atoms with Crippen LogP contribution < -0.4 is 0 Å². The Labute approximate surface area is 86.9 Å². The van der Waals surface area contributed by atoms with E-state index in [-0.39, 0.29) is 0 Å². The van der Waals surface area contributed by atoms with Crippen molar-refractivity contribution >= 4 is 11.3 Å². The van der Waals surface area contributed by atoms with Crippen LogP contribution in [0.2, 0.25) is 0 Å². The van der Waals surface area contributed by atoms with Crippen molar-refractivity contribution in [1.29, 1.82) is 0 Å². The Kier molecular flexibility index (Phi) is 2.61. The zero-order valence-electron chi connectivity index (χ0n) is 7.84. The Bertz CT molecular complexity index is 410. The molecule has 0 aliphatic heterocycles.